The number of allylic oxidation sites excluding steroid dienone is 4. The second-order valence-corrected chi connectivity index (χ2v) is 4.85. The molecule has 1 nitrogen and oxygen atoms in total. The number of nitrogens with zero attached hydrogens (tertiary/aromatic N) is 1. The molecule has 2 rings (SSSR count). The zero-order valence-electron chi connectivity index (χ0n) is 9.37. The van der Waals surface area contributed by atoms with E-state index in [1.165, 1.54) is 37.9 Å². The van der Waals surface area contributed by atoms with Crippen LogP contribution in [0.15, 0.2) is 23.8 Å². The summed E-state index contributed by atoms with van der Waals surface area (Å²) in [5.41, 5.74) is 1.44. The van der Waals surface area contributed by atoms with Crippen LogP contribution in [0.1, 0.15) is 26.2 Å². The van der Waals surface area contributed by atoms with Crippen molar-refractivity contribution >= 4 is 0 Å². The second kappa shape index (κ2) is 4.31. The highest BCUT2D eigenvalue weighted by Crippen LogP contribution is 2.30. The van der Waals surface area contributed by atoms with E-state index in [1.54, 1.807) is 0 Å². The molecule has 0 N–H and O–H groups in total. The zero-order chi connectivity index (χ0) is 9.97. The zero-order valence-corrected chi connectivity index (χ0v) is 9.37. The van der Waals surface area contributed by atoms with Gasteiger partial charge in [0.25, 0.3) is 0 Å². The summed E-state index contributed by atoms with van der Waals surface area (Å²) < 4.78 is 0. The molecule has 1 aliphatic heterocycles. The predicted molar refractivity (Wildman–Crippen MR) is 61.2 cm³/mol. The highest BCUT2D eigenvalue weighted by atomic mass is 15.1. The molecule has 1 unspecified atom stereocenters. The molecule has 0 bridgehead atoms. The van der Waals surface area contributed by atoms with Crippen LogP contribution in [-0.2, 0) is 0 Å². The minimum atomic E-state index is 0.826. The number of hydrogen-bond donors (Lipinski definition) is 0. The van der Waals surface area contributed by atoms with Crippen LogP contribution in [0.4, 0.5) is 0 Å². The van der Waals surface area contributed by atoms with Gasteiger partial charge in [0, 0.05) is 0 Å². The highest BCUT2D eigenvalue weighted by Gasteiger charge is 2.23. The average molecular weight is 191 g/mol. The first-order valence-electron chi connectivity index (χ1n) is 5.79. The van der Waals surface area contributed by atoms with Gasteiger partial charge in [-0.3, -0.25) is 0 Å². The van der Waals surface area contributed by atoms with Crippen LogP contribution < -0.4 is 0 Å². The lowest BCUT2D eigenvalue weighted by molar-refractivity contribution is 0.188. The second-order valence-electron chi connectivity index (χ2n) is 4.85. The summed E-state index contributed by atoms with van der Waals surface area (Å²) >= 11 is 0. The smallest absolute Gasteiger partial charge is 0.00189 e. The van der Waals surface area contributed by atoms with Crippen molar-refractivity contribution in [2.24, 2.45) is 11.8 Å². The van der Waals surface area contributed by atoms with E-state index in [0.717, 1.165) is 11.8 Å². The molecule has 78 valence electrons. The molecule has 0 radical (unpaired) electrons. The van der Waals surface area contributed by atoms with Gasteiger partial charge in [0.2, 0.25) is 0 Å². The summed E-state index contributed by atoms with van der Waals surface area (Å²) in [6, 6.07) is 0. The lowest BCUT2D eigenvalue weighted by atomic mass is 9.80. The van der Waals surface area contributed by atoms with Gasteiger partial charge in [-0.1, -0.05) is 23.8 Å². The van der Waals surface area contributed by atoms with E-state index in [9.17, 15) is 0 Å². The molecule has 1 heteroatoms. The Morgan fingerprint density at radius 1 is 1.29 bits per heavy atom. The van der Waals surface area contributed by atoms with Crippen molar-refractivity contribution in [3.05, 3.63) is 23.8 Å². The fourth-order valence-electron chi connectivity index (χ4n) is 2.55. The van der Waals surface area contributed by atoms with Gasteiger partial charge in [0.05, 0.1) is 0 Å². The summed E-state index contributed by atoms with van der Waals surface area (Å²) in [6.45, 7) is 4.77. The van der Waals surface area contributed by atoms with Gasteiger partial charge in [-0.15, -0.1) is 0 Å². The summed E-state index contributed by atoms with van der Waals surface area (Å²) in [6.07, 6.45) is 11.2. The Kier molecular flexibility index (Phi) is 3.07. The summed E-state index contributed by atoms with van der Waals surface area (Å²) in [5.74, 6) is 1.76. The Bertz CT molecular complexity index is 244. The van der Waals surface area contributed by atoms with Crippen LogP contribution in [0.3, 0.4) is 0 Å². The third-order valence-electron chi connectivity index (χ3n) is 3.69. The molecular weight excluding hydrogens is 170 g/mol. The number of hydrogen-bond acceptors (Lipinski definition) is 1. The van der Waals surface area contributed by atoms with E-state index in [1.807, 2.05) is 0 Å². The Morgan fingerprint density at radius 2 is 2.00 bits per heavy atom. The number of likely N-dealkylation sites (tertiary alicyclic amines) is 1. The van der Waals surface area contributed by atoms with Gasteiger partial charge < -0.3 is 4.90 Å². The molecule has 1 atom stereocenters. The maximum Gasteiger partial charge on any atom is -0.00189 e. The highest BCUT2D eigenvalue weighted by molar-refractivity contribution is 5.21. The van der Waals surface area contributed by atoms with Crippen LogP contribution >= 0.6 is 0 Å². The van der Waals surface area contributed by atoms with Crippen molar-refractivity contribution in [1.29, 1.82) is 0 Å². The molecule has 2 aliphatic rings. The standard InChI is InChI=1S/C13H21N/c1-11-3-5-12(6-4-11)13-7-9-14(2)10-8-13/h3-5,12-13H,6-10H2,1-2H3. The van der Waals surface area contributed by atoms with Crippen molar-refractivity contribution in [2.75, 3.05) is 20.1 Å². The fourth-order valence-corrected chi connectivity index (χ4v) is 2.55. The molecule has 0 aromatic carbocycles. The average Bonchev–Trinajstić information content (AvgIpc) is 2.21. The van der Waals surface area contributed by atoms with E-state index in [4.69, 9.17) is 0 Å². The van der Waals surface area contributed by atoms with Gasteiger partial charge in [-0.05, 0) is 58.2 Å². The van der Waals surface area contributed by atoms with Crippen molar-refractivity contribution in [3.8, 4) is 0 Å². The molecule has 0 aromatic rings. The van der Waals surface area contributed by atoms with E-state index in [0.29, 0.717) is 0 Å². The number of rotatable bonds is 1. The molecule has 0 amide bonds. The molecule has 1 saturated heterocycles. The van der Waals surface area contributed by atoms with Crippen LogP contribution in [0, 0.1) is 11.8 Å². The Hall–Kier alpha value is -0.560. The molecule has 1 heterocycles. The minimum Gasteiger partial charge on any atom is -0.306 e. The van der Waals surface area contributed by atoms with Crippen molar-refractivity contribution in [1.82, 2.24) is 4.90 Å². The summed E-state index contributed by atoms with van der Waals surface area (Å²) in [7, 11) is 2.23. The van der Waals surface area contributed by atoms with Gasteiger partial charge in [0.1, 0.15) is 0 Å². The van der Waals surface area contributed by atoms with Gasteiger partial charge in [-0.25, -0.2) is 0 Å². The van der Waals surface area contributed by atoms with Crippen LogP contribution in [0.2, 0.25) is 0 Å². The maximum atomic E-state index is 2.45. The third kappa shape index (κ3) is 2.27. The van der Waals surface area contributed by atoms with Crippen LogP contribution in [0.25, 0.3) is 0 Å². The predicted octanol–water partition coefficient (Wildman–Crippen LogP) is 2.85. The van der Waals surface area contributed by atoms with Crippen molar-refractivity contribution < 1.29 is 0 Å². The van der Waals surface area contributed by atoms with Crippen molar-refractivity contribution in [2.45, 2.75) is 26.2 Å². The first-order chi connectivity index (χ1) is 6.75. The van der Waals surface area contributed by atoms with E-state index in [-0.39, 0.29) is 0 Å². The van der Waals surface area contributed by atoms with E-state index < -0.39 is 0 Å². The third-order valence-corrected chi connectivity index (χ3v) is 3.69. The number of piperidine rings is 1. The fraction of sp³-hybridized carbons (Fsp3) is 0.692. The monoisotopic (exact) mass is 191 g/mol. The Morgan fingerprint density at radius 3 is 2.57 bits per heavy atom. The van der Waals surface area contributed by atoms with Crippen LogP contribution in [-0.4, -0.2) is 25.0 Å². The lowest BCUT2D eigenvalue weighted by Crippen LogP contribution is -2.33. The SMILES string of the molecule is CC1=CCC(C2CCN(C)CC2)C=C1. The molecular formula is C13H21N. The molecule has 0 aromatic heterocycles. The first kappa shape index (κ1) is 9.97. The van der Waals surface area contributed by atoms with Crippen LogP contribution in [0.5, 0.6) is 0 Å². The first-order valence-corrected chi connectivity index (χ1v) is 5.79. The lowest BCUT2D eigenvalue weighted by Gasteiger charge is -2.33. The molecule has 1 aliphatic carbocycles. The van der Waals surface area contributed by atoms with Gasteiger partial charge in [-0.2, -0.15) is 0 Å². The molecule has 0 spiro atoms. The largest absolute Gasteiger partial charge is 0.306 e. The minimum absolute atomic E-state index is 0.826. The molecule has 14 heavy (non-hydrogen) atoms. The van der Waals surface area contributed by atoms with Gasteiger partial charge >= 0.3 is 0 Å². The molecule has 1 fully saturated rings. The topological polar surface area (TPSA) is 3.24 Å². The molecule has 0 saturated carbocycles. The van der Waals surface area contributed by atoms with Gasteiger partial charge in [0.15, 0.2) is 0 Å². The Labute approximate surface area is 87.5 Å². The van der Waals surface area contributed by atoms with E-state index >= 15 is 0 Å². The quantitative estimate of drug-likeness (QED) is 0.616. The summed E-state index contributed by atoms with van der Waals surface area (Å²) in [5, 5.41) is 0. The van der Waals surface area contributed by atoms with Crippen molar-refractivity contribution in [3.63, 3.8) is 0 Å². The maximum absolute atomic E-state index is 2.45. The van der Waals surface area contributed by atoms with E-state index in [2.05, 4.69) is 37.1 Å². The summed E-state index contributed by atoms with van der Waals surface area (Å²) in [4.78, 5) is 2.45. The normalized spacial score (nSPS) is 30.4. The Balaban J connectivity index is 1.88.